The minimum Gasteiger partial charge on any atom is -0.741 e. The van der Waals surface area contributed by atoms with Gasteiger partial charge in [0.05, 0.1) is 0 Å². The summed E-state index contributed by atoms with van der Waals surface area (Å²) in [6, 6.07) is 109. The number of hydrogen-bond acceptors (Lipinski definition) is 11. The van der Waals surface area contributed by atoms with Gasteiger partial charge in [0.15, 0.2) is 20.2 Å². The zero-order valence-corrected chi connectivity index (χ0v) is 78.4. The Hall–Kier alpha value is -5.42. The van der Waals surface area contributed by atoms with Crippen molar-refractivity contribution in [2.24, 2.45) is 0 Å². The van der Waals surface area contributed by atoms with E-state index >= 15 is 0 Å². The van der Waals surface area contributed by atoms with Gasteiger partial charge < -0.3 is 9.11 Å². The van der Waals surface area contributed by atoms with Crippen LogP contribution in [0.5, 0.6) is 0 Å². The molecule has 0 spiro atoms. The zero-order valence-electron chi connectivity index (χ0n) is 62.7. The van der Waals surface area contributed by atoms with Gasteiger partial charge in [-0.1, -0.05) is 0 Å². The van der Waals surface area contributed by atoms with Crippen molar-refractivity contribution in [3.63, 3.8) is 0 Å². The van der Waals surface area contributed by atoms with Gasteiger partial charge >= 0.3 is 619 Å². The molecule has 0 atom stereocenters. The first-order valence-corrected chi connectivity index (χ1v) is 60.8. The third kappa shape index (κ3) is 21.8. The third-order valence-corrected chi connectivity index (χ3v) is 86.3. The summed E-state index contributed by atoms with van der Waals surface area (Å²) < 4.78 is 177. The van der Waals surface area contributed by atoms with Crippen molar-refractivity contribution >= 4 is 180 Å². The number of rotatable bonds is 22. The molecule has 0 amide bonds. The first-order chi connectivity index (χ1) is 52.3. The predicted molar refractivity (Wildman–Crippen MR) is 441 cm³/mol. The van der Waals surface area contributed by atoms with Gasteiger partial charge in [-0.3, -0.25) is 0 Å². The summed E-state index contributed by atoms with van der Waals surface area (Å²) in [5.41, 5.74) is 2.64. The number of halogens is 6. The molecule has 0 fully saturated rings. The van der Waals surface area contributed by atoms with Crippen LogP contribution in [0.15, 0.2) is 291 Å². The molecular weight excluding hydrogens is 2150 g/mol. The molecule has 0 aliphatic rings. The Balaban J connectivity index is 0.000000738. The second kappa shape index (κ2) is 37.2. The van der Waals surface area contributed by atoms with E-state index in [9.17, 15) is 30.7 Å². The monoisotopic (exact) mass is 2250 g/mol. The van der Waals surface area contributed by atoms with Crippen LogP contribution in [0, 0.1) is 83.1 Å². The molecule has 0 aromatic heterocycles. The molecule has 0 heterocycles. The molecule has 111 heavy (non-hydrogen) atoms. The van der Waals surface area contributed by atoms with E-state index in [2.05, 4.69) is 374 Å². The molecule has 12 rings (SSSR count). The van der Waals surface area contributed by atoms with Crippen LogP contribution in [-0.2, 0) is 27.6 Å². The maximum atomic E-state index is 10.7. The fraction of sp³-hybridized carbons (Fsp3) is 0.163. The van der Waals surface area contributed by atoms with Crippen LogP contribution in [0.3, 0.4) is 0 Å². The van der Waals surface area contributed by atoms with Crippen molar-refractivity contribution in [1.29, 1.82) is 0 Å². The molecule has 0 bridgehead atoms. The molecule has 0 saturated heterocycles. The molecule has 0 radical (unpaired) electrons. The maximum absolute atomic E-state index is 10.7. The van der Waals surface area contributed by atoms with Gasteiger partial charge in [-0.2, -0.15) is 26.3 Å². The summed E-state index contributed by atoms with van der Waals surface area (Å²) >= 11 is -27.8. The molecule has 0 aliphatic carbocycles. The van der Waals surface area contributed by atoms with Crippen molar-refractivity contribution in [2.75, 3.05) is 0 Å². The first kappa shape index (κ1) is 88.0. The van der Waals surface area contributed by atoms with Crippen LogP contribution in [0.2, 0.25) is 0 Å². The number of hydrogen-bond donors (Lipinski definition) is 0. The Labute approximate surface area is 682 Å². The Morgan fingerprint density at radius 3 is 0.459 bits per heavy atom. The van der Waals surface area contributed by atoms with Gasteiger partial charge in [0.1, 0.15) is 0 Å². The quantitative estimate of drug-likeness (QED) is 0.0275. The molecule has 11 nitrogen and oxygen atoms in total. The minimum atomic E-state index is -6.09. The Morgan fingerprint density at radius 1 is 0.225 bits per heavy atom. The molecule has 0 N–H and O–H groups in total. The number of benzene rings is 12. The van der Waals surface area contributed by atoms with Crippen LogP contribution >= 0.6 is 0 Å². The second-order valence-corrected chi connectivity index (χ2v) is 74.9. The number of aryl methyl sites for hydroxylation is 12. The summed E-state index contributed by atoms with van der Waals surface area (Å²) in [6.45, 7) is 26.0. The maximum Gasteiger partial charge on any atom is 0.485 e. The largest absolute Gasteiger partial charge is 0.741 e. The van der Waals surface area contributed by atoms with E-state index in [0.717, 1.165) is 73.4 Å². The Kier molecular flexibility index (Phi) is 29.5. The molecule has 12 aromatic rings. The smallest absolute Gasteiger partial charge is 0.485 e. The van der Waals surface area contributed by atoms with E-state index in [1.807, 2.05) is 0 Å². The van der Waals surface area contributed by atoms with E-state index in [1.165, 1.54) is 36.7 Å². The fourth-order valence-corrected chi connectivity index (χ4v) is 105. The average molecular weight is 2240 g/mol. The van der Waals surface area contributed by atoms with Gasteiger partial charge in [0.25, 0.3) is 0 Å². The van der Waals surface area contributed by atoms with Gasteiger partial charge in [-0.25, -0.2) is 16.8 Å². The van der Waals surface area contributed by atoms with Crippen molar-refractivity contribution in [3.05, 3.63) is 358 Å². The molecule has 12 aromatic carbocycles. The first-order valence-electron chi connectivity index (χ1n) is 34.5. The molecule has 0 unspecified atom stereocenters. The third-order valence-electron chi connectivity index (χ3n) is 17.1. The van der Waals surface area contributed by atoms with Crippen molar-refractivity contribution in [1.82, 2.24) is 0 Å². The molecule has 25 heteroatoms. The average Bonchev–Trinajstić information content (AvgIpc) is 0.709. The van der Waals surface area contributed by atoms with Crippen molar-refractivity contribution < 1.29 is 59.6 Å². The van der Waals surface area contributed by atoms with Gasteiger partial charge in [-0.15, -0.1) is 0 Å². The Morgan fingerprint density at radius 2 is 0.333 bits per heavy atom. The fourth-order valence-electron chi connectivity index (χ4n) is 10.6. The standard InChI is InChI=1S/C84H84O5Te6.2CHF3O3S/c1-61-13-37-73(38-14-61)90(74-39-15-62(2)16-40-74)85-92(77-45-21-65(5)22-46-77,78-47-23-66(6)24-48-78)87-94(81-53-29-69(9)30-54-81,82-55-31-70(10)32-56-82)89-95(83-57-33-71(11)34-58-83,84-59-35-72(12)36-60-84)88-93(79-49-25-67(7)26-50-79,80-51-27-68(8)28-52-80)86-91(75-41-17-63(3)18-42-75)76-43-19-64(4)20-44-76;2*2-1(3,4)8(5,6)7/h13-60H,1-12H3;2*(H,5,6,7)/q+2;;/p-2. The van der Waals surface area contributed by atoms with E-state index < -0.39 is 147 Å². The van der Waals surface area contributed by atoms with Crippen LogP contribution in [0.25, 0.3) is 0 Å². The summed E-state index contributed by atoms with van der Waals surface area (Å²) in [4.78, 5) is 0. The number of alkyl halides is 6. The van der Waals surface area contributed by atoms with E-state index in [4.69, 9.17) is 28.9 Å². The predicted octanol–water partition coefficient (Wildman–Crippen LogP) is 11.5. The van der Waals surface area contributed by atoms with Gasteiger partial charge in [0.2, 0.25) is 0 Å². The summed E-state index contributed by atoms with van der Waals surface area (Å²) in [5, 5.41) is 0. The molecular formula is C86H84F6O11S2Te6. The van der Waals surface area contributed by atoms with Crippen LogP contribution in [-0.4, -0.2) is 153 Å². The normalized spacial score (nSPS) is 13.0. The molecule has 584 valence electrons. The SMILES string of the molecule is Cc1ccc([Te+](O[Te](O[Te](O[Te](O[Te](O[Te+](c2ccc(C)cc2)c2ccc(C)cc2)(c2ccc(C)cc2)c2ccc(C)cc2)(c2ccc(C)cc2)c2ccc(C)cc2)(c2ccc(C)cc2)c2ccc(C)cc2)(c2ccc(C)cc2)c2ccc(C)cc2)c2ccc(C)cc2)cc1.O=S(=O)([O-])C(F)(F)F.O=S(=O)([O-])C(F)(F)F. The van der Waals surface area contributed by atoms with E-state index in [0.29, 0.717) is 0 Å². The van der Waals surface area contributed by atoms with Gasteiger partial charge in [-0.05, 0) is 0 Å². The van der Waals surface area contributed by atoms with E-state index in [-0.39, 0.29) is 0 Å². The molecule has 0 saturated carbocycles. The Bertz CT molecular complexity index is 4720. The van der Waals surface area contributed by atoms with Crippen molar-refractivity contribution in [3.8, 4) is 0 Å². The summed E-state index contributed by atoms with van der Waals surface area (Å²) in [7, 11) is -12.2. The summed E-state index contributed by atoms with van der Waals surface area (Å²) in [5.74, 6) is 0. The molecule has 0 aliphatic heterocycles. The van der Waals surface area contributed by atoms with Crippen LogP contribution in [0.1, 0.15) is 66.8 Å². The van der Waals surface area contributed by atoms with E-state index in [1.54, 1.807) is 0 Å². The summed E-state index contributed by atoms with van der Waals surface area (Å²) in [6.07, 6.45) is 0. The van der Waals surface area contributed by atoms with Crippen LogP contribution < -0.4 is 43.3 Å². The zero-order chi connectivity index (χ0) is 80.5. The second-order valence-electron chi connectivity index (χ2n) is 26.4. The van der Waals surface area contributed by atoms with Gasteiger partial charge in [0, 0.05) is 0 Å². The topological polar surface area (TPSA) is 161 Å². The van der Waals surface area contributed by atoms with Crippen LogP contribution in [0.4, 0.5) is 26.3 Å². The van der Waals surface area contributed by atoms with Crippen molar-refractivity contribution in [2.45, 2.75) is 94.1 Å². The minimum absolute atomic E-state index is 1.01.